The Morgan fingerprint density at radius 1 is 1.16 bits per heavy atom. The molecule has 9 heteroatoms. The van der Waals surface area contributed by atoms with Crippen LogP contribution in [0.2, 0.25) is 5.02 Å². The monoisotopic (exact) mass is 499 g/mol. The van der Waals surface area contributed by atoms with E-state index >= 15 is 0 Å². The molecule has 0 aliphatic rings. The Morgan fingerprint density at radius 2 is 1.84 bits per heavy atom. The molecule has 0 fully saturated rings. The summed E-state index contributed by atoms with van der Waals surface area (Å²) < 4.78 is 6.25. The molecule has 31 heavy (non-hydrogen) atoms. The van der Waals surface area contributed by atoms with Gasteiger partial charge in [0.15, 0.2) is 5.13 Å². The second-order valence-electron chi connectivity index (χ2n) is 7.37. The van der Waals surface area contributed by atoms with Gasteiger partial charge in [0.1, 0.15) is 11.3 Å². The van der Waals surface area contributed by atoms with Crippen LogP contribution >= 0.6 is 47.1 Å². The molecule has 0 aliphatic heterocycles. The molecule has 1 aromatic heterocycles. The number of carbonyl (C=O) groups is 1. The molecule has 168 valence electrons. The van der Waals surface area contributed by atoms with Gasteiger partial charge in [0.2, 0.25) is 0 Å². The molecule has 0 spiro atoms. The summed E-state index contributed by atoms with van der Waals surface area (Å²) in [6.07, 6.45) is 0. The molecule has 0 saturated carbocycles. The number of hydrogen-bond acceptors (Lipinski definition) is 6. The minimum absolute atomic E-state index is 0. The van der Waals surface area contributed by atoms with E-state index in [4.69, 9.17) is 21.3 Å². The second kappa shape index (κ2) is 11.4. The van der Waals surface area contributed by atoms with Crippen molar-refractivity contribution in [1.82, 2.24) is 9.88 Å². The Hall–Kier alpha value is -1.51. The smallest absolute Gasteiger partial charge is 0.260 e. The lowest BCUT2D eigenvalue weighted by Crippen LogP contribution is -2.36. The zero-order valence-corrected chi connectivity index (χ0v) is 21.4. The van der Waals surface area contributed by atoms with Crippen molar-refractivity contribution in [3.8, 4) is 5.75 Å². The lowest BCUT2D eigenvalue weighted by Gasteiger charge is -2.22. The lowest BCUT2D eigenvalue weighted by atomic mass is 10.2. The first-order chi connectivity index (χ1) is 14.3. The van der Waals surface area contributed by atoms with Crippen LogP contribution in [0, 0.1) is 0 Å². The number of carbonyl (C=O) groups excluding carboxylic acids is 1. The zero-order chi connectivity index (χ0) is 21.8. The maximum atomic E-state index is 13.4. The number of aromatic nitrogens is 1. The fraction of sp³-hybridized carbons (Fsp3) is 0.364. The first-order valence-corrected chi connectivity index (χ1v) is 11.7. The first kappa shape index (κ1) is 25.7. The van der Waals surface area contributed by atoms with Crippen molar-refractivity contribution >= 4 is 68.4 Å². The van der Waals surface area contributed by atoms with E-state index in [1.54, 1.807) is 35.9 Å². The minimum Gasteiger partial charge on any atom is -0.494 e. The van der Waals surface area contributed by atoms with Crippen molar-refractivity contribution in [3.05, 3.63) is 47.0 Å². The Bertz CT molecular complexity index is 1020. The van der Waals surface area contributed by atoms with Gasteiger partial charge < -0.3 is 9.64 Å². The predicted molar refractivity (Wildman–Crippen MR) is 136 cm³/mol. The summed E-state index contributed by atoms with van der Waals surface area (Å²) in [4.78, 5) is 23.1. The highest BCUT2D eigenvalue weighted by molar-refractivity contribution is 7.99. The van der Waals surface area contributed by atoms with Crippen LogP contribution in [0.25, 0.3) is 10.2 Å². The molecule has 0 bridgehead atoms. The average molecular weight is 501 g/mol. The van der Waals surface area contributed by atoms with E-state index in [0.29, 0.717) is 45.3 Å². The van der Waals surface area contributed by atoms with Crippen LogP contribution in [0.15, 0.2) is 41.3 Å². The van der Waals surface area contributed by atoms with Crippen LogP contribution in [0.5, 0.6) is 5.75 Å². The zero-order valence-electron chi connectivity index (χ0n) is 18.2. The highest BCUT2D eigenvalue weighted by atomic mass is 35.5. The lowest BCUT2D eigenvalue weighted by molar-refractivity contribution is 0.0985. The molecule has 0 unspecified atom stereocenters. The number of ether oxygens (including phenoxy) is 1. The van der Waals surface area contributed by atoms with Gasteiger partial charge in [-0.25, -0.2) is 4.98 Å². The van der Waals surface area contributed by atoms with Gasteiger partial charge in [-0.2, -0.15) is 0 Å². The number of hydrogen-bond donors (Lipinski definition) is 0. The van der Waals surface area contributed by atoms with Gasteiger partial charge in [0.25, 0.3) is 5.91 Å². The van der Waals surface area contributed by atoms with E-state index in [9.17, 15) is 4.79 Å². The number of halogens is 2. The summed E-state index contributed by atoms with van der Waals surface area (Å²) in [6, 6.07) is 11.4. The van der Waals surface area contributed by atoms with Crippen molar-refractivity contribution < 1.29 is 9.53 Å². The number of rotatable bonds is 8. The molecular weight excluding hydrogens is 473 g/mol. The summed E-state index contributed by atoms with van der Waals surface area (Å²) in [5.74, 6) is 0.569. The summed E-state index contributed by atoms with van der Waals surface area (Å²) in [5.41, 5.74) is 1.32. The van der Waals surface area contributed by atoms with E-state index in [2.05, 4.69) is 13.8 Å². The average Bonchev–Trinajstić information content (AvgIpc) is 3.14. The summed E-state index contributed by atoms with van der Waals surface area (Å²) in [5, 5.41) is 1.71. The first-order valence-electron chi connectivity index (χ1n) is 9.66. The maximum Gasteiger partial charge on any atom is 0.260 e. The third-order valence-electron chi connectivity index (χ3n) is 4.39. The normalized spacial score (nSPS) is 11.1. The summed E-state index contributed by atoms with van der Waals surface area (Å²) >= 11 is 9.57. The van der Waals surface area contributed by atoms with Gasteiger partial charge in [-0.15, -0.1) is 24.2 Å². The molecule has 3 aromatic rings. The predicted octanol–water partition coefficient (Wildman–Crippen LogP) is 6.09. The molecule has 0 saturated heterocycles. The van der Waals surface area contributed by atoms with Gasteiger partial charge >= 0.3 is 0 Å². The highest BCUT2D eigenvalue weighted by Gasteiger charge is 2.23. The number of amides is 1. The van der Waals surface area contributed by atoms with Gasteiger partial charge in [-0.1, -0.05) is 36.8 Å². The van der Waals surface area contributed by atoms with E-state index in [0.717, 1.165) is 9.60 Å². The van der Waals surface area contributed by atoms with Crippen molar-refractivity contribution in [2.75, 3.05) is 39.2 Å². The number of likely N-dealkylation sites (N-methyl/N-ethyl adjacent to an activating group) is 1. The van der Waals surface area contributed by atoms with Crippen molar-refractivity contribution in [2.24, 2.45) is 0 Å². The maximum absolute atomic E-state index is 13.4. The van der Waals surface area contributed by atoms with Crippen molar-refractivity contribution in [3.63, 3.8) is 0 Å². The number of methoxy groups -OCH3 is 1. The summed E-state index contributed by atoms with van der Waals surface area (Å²) in [7, 11) is 5.57. The molecule has 0 radical (unpaired) electrons. The second-order valence-corrected chi connectivity index (χ2v) is 10.4. The molecular formula is C22H27Cl2N3O2S2. The van der Waals surface area contributed by atoms with Crippen LogP contribution < -0.4 is 9.64 Å². The molecule has 0 aliphatic carbocycles. The third-order valence-corrected chi connectivity index (χ3v) is 6.94. The molecule has 1 heterocycles. The van der Waals surface area contributed by atoms with Gasteiger partial charge in [0, 0.05) is 28.8 Å². The van der Waals surface area contributed by atoms with Crippen LogP contribution in [-0.4, -0.2) is 55.3 Å². The van der Waals surface area contributed by atoms with Crippen molar-refractivity contribution in [2.45, 2.75) is 24.0 Å². The topological polar surface area (TPSA) is 45.7 Å². The fourth-order valence-electron chi connectivity index (χ4n) is 2.91. The van der Waals surface area contributed by atoms with Crippen LogP contribution in [0.4, 0.5) is 5.13 Å². The van der Waals surface area contributed by atoms with Crippen LogP contribution in [-0.2, 0) is 0 Å². The SMILES string of the molecule is COc1ccc(Cl)c2sc(N(CCN(C)C)C(=O)c3ccc(SC(C)C)cc3)nc12.Cl. The Balaban J connectivity index is 0.00000341. The van der Waals surface area contributed by atoms with Gasteiger partial charge in [-0.3, -0.25) is 9.69 Å². The number of anilines is 1. The fourth-order valence-corrected chi connectivity index (χ4v) is 5.03. The van der Waals surface area contributed by atoms with Gasteiger partial charge in [0.05, 0.1) is 16.8 Å². The van der Waals surface area contributed by atoms with E-state index < -0.39 is 0 Å². The van der Waals surface area contributed by atoms with Crippen LogP contribution in [0.3, 0.4) is 0 Å². The molecule has 0 N–H and O–H groups in total. The molecule has 0 atom stereocenters. The molecule has 3 rings (SSSR count). The molecule has 1 amide bonds. The van der Waals surface area contributed by atoms with E-state index in [1.165, 1.54) is 11.3 Å². The van der Waals surface area contributed by atoms with E-state index in [-0.39, 0.29) is 18.3 Å². The molecule has 2 aromatic carbocycles. The Kier molecular flexibility index (Phi) is 9.45. The van der Waals surface area contributed by atoms with Crippen LogP contribution in [0.1, 0.15) is 24.2 Å². The Labute approximate surface area is 203 Å². The third kappa shape index (κ3) is 6.26. The highest BCUT2D eigenvalue weighted by Crippen LogP contribution is 2.39. The Morgan fingerprint density at radius 3 is 2.42 bits per heavy atom. The van der Waals surface area contributed by atoms with Crippen molar-refractivity contribution in [1.29, 1.82) is 0 Å². The van der Waals surface area contributed by atoms with E-state index in [1.807, 2.05) is 43.3 Å². The number of nitrogens with zero attached hydrogens (tertiary/aromatic N) is 3. The number of fused-ring (bicyclic) bond motifs is 1. The largest absolute Gasteiger partial charge is 0.494 e. The number of thioether (sulfide) groups is 1. The standard InChI is InChI=1S/C22H26ClN3O2S2.ClH/c1-14(2)29-16-8-6-15(7-9-16)21(27)26(13-12-25(3)4)22-24-19-18(28-5)11-10-17(23)20(19)30-22;/h6-11,14H,12-13H2,1-5H3;1H. The minimum atomic E-state index is -0.0768. The number of thiazole rings is 1. The molecule has 5 nitrogen and oxygen atoms in total. The summed E-state index contributed by atoms with van der Waals surface area (Å²) in [6.45, 7) is 5.54. The number of benzene rings is 2. The van der Waals surface area contributed by atoms with Gasteiger partial charge in [-0.05, 0) is 50.5 Å². The quantitative estimate of drug-likeness (QED) is 0.351.